The molecule has 3 N–H and O–H groups in total. The lowest BCUT2D eigenvalue weighted by Crippen LogP contribution is -2.06. The molecular formula is C3H7N5O. The Hall–Kier alpha value is -1.01. The van der Waals surface area contributed by atoms with Gasteiger partial charge in [0.05, 0.1) is 0 Å². The van der Waals surface area contributed by atoms with E-state index in [9.17, 15) is 0 Å². The minimum absolute atomic E-state index is 0.302. The predicted octanol–water partition coefficient (Wildman–Crippen LogP) is -0.849. The van der Waals surface area contributed by atoms with Gasteiger partial charge in [-0.05, 0) is 6.92 Å². The number of tetrazole rings is 1. The third kappa shape index (κ3) is 1.21. The third-order valence-electron chi connectivity index (χ3n) is 0.929. The first-order valence-corrected chi connectivity index (χ1v) is 2.43. The second-order valence-corrected chi connectivity index (χ2v) is 1.55. The van der Waals surface area contributed by atoms with Gasteiger partial charge in [0.1, 0.15) is 6.10 Å². The predicted molar refractivity (Wildman–Crippen MR) is 27.9 cm³/mol. The molecule has 6 heteroatoms. The van der Waals surface area contributed by atoms with E-state index < -0.39 is 0 Å². The molecule has 6 nitrogen and oxygen atoms in total. The summed E-state index contributed by atoms with van der Waals surface area (Å²) in [6.45, 7) is 1.73. The number of nitrogens with two attached hydrogens (primary N) is 1. The molecule has 1 aromatic rings. The minimum Gasteiger partial charge on any atom is -0.293 e. The lowest BCUT2D eigenvalue weighted by molar-refractivity contribution is 0.0602. The first kappa shape index (κ1) is 6.12. The van der Waals surface area contributed by atoms with Crippen molar-refractivity contribution in [1.29, 1.82) is 0 Å². The molecule has 1 atom stereocenters. The summed E-state index contributed by atoms with van der Waals surface area (Å²) in [6, 6.07) is 0. The third-order valence-corrected chi connectivity index (χ3v) is 0.929. The average Bonchev–Trinajstić information content (AvgIpc) is 2.37. The van der Waals surface area contributed by atoms with Crippen LogP contribution in [0.2, 0.25) is 0 Å². The molecule has 50 valence electrons. The first-order valence-electron chi connectivity index (χ1n) is 2.43. The Bertz CT molecular complexity index is 161. The number of rotatable bonds is 2. The molecule has 0 aliphatic carbocycles. The largest absolute Gasteiger partial charge is 0.293 e. The van der Waals surface area contributed by atoms with Crippen LogP contribution in [0.3, 0.4) is 0 Å². The van der Waals surface area contributed by atoms with Crippen molar-refractivity contribution in [2.75, 3.05) is 0 Å². The number of aromatic nitrogens is 4. The van der Waals surface area contributed by atoms with Gasteiger partial charge in [0.2, 0.25) is 5.82 Å². The Morgan fingerprint density at radius 1 is 1.78 bits per heavy atom. The standard InChI is InChI=1S/C3H7N5O/c1-2(9-4)3-5-7-8-6-3/h2H,4H2,1H3,(H,5,6,7,8). The van der Waals surface area contributed by atoms with Crippen molar-refractivity contribution >= 4 is 0 Å². The Morgan fingerprint density at radius 3 is 3.00 bits per heavy atom. The molecule has 0 saturated carbocycles. The van der Waals surface area contributed by atoms with E-state index >= 15 is 0 Å². The van der Waals surface area contributed by atoms with E-state index in [1.54, 1.807) is 6.92 Å². The molecule has 1 rings (SSSR count). The molecule has 0 bridgehead atoms. The summed E-state index contributed by atoms with van der Waals surface area (Å²) < 4.78 is 0. The van der Waals surface area contributed by atoms with Crippen molar-refractivity contribution in [3.05, 3.63) is 5.82 Å². The van der Waals surface area contributed by atoms with Crippen LogP contribution in [-0.4, -0.2) is 20.6 Å². The molecule has 1 unspecified atom stereocenters. The summed E-state index contributed by atoms with van der Waals surface area (Å²) in [4.78, 5) is 4.41. The molecular weight excluding hydrogens is 122 g/mol. The highest BCUT2D eigenvalue weighted by atomic mass is 16.6. The fourth-order valence-corrected chi connectivity index (χ4v) is 0.403. The van der Waals surface area contributed by atoms with Crippen LogP contribution in [0.4, 0.5) is 0 Å². The first-order chi connectivity index (χ1) is 4.34. The quantitative estimate of drug-likeness (QED) is 0.507. The maximum Gasteiger partial charge on any atom is 0.205 e. The number of hydrogen-bond acceptors (Lipinski definition) is 5. The van der Waals surface area contributed by atoms with Crippen molar-refractivity contribution < 1.29 is 4.84 Å². The fraction of sp³-hybridized carbons (Fsp3) is 0.667. The van der Waals surface area contributed by atoms with Crippen LogP contribution >= 0.6 is 0 Å². The Balaban J connectivity index is 2.65. The Morgan fingerprint density at radius 2 is 2.56 bits per heavy atom. The van der Waals surface area contributed by atoms with Gasteiger partial charge in [0.15, 0.2) is 0 Å². The van der Waals surface area contributed by atoms with E-state index in [0.29, 0.717) is 5.82 Å². The zero-order chi connectivity index (χ0) is 6.69. The van der Waals surface area contributed by atoms with Crippen molar-refractivity contribution in [2.45, 2.75) is 13.0 Å². The Labute approximate surface area is 51.3 Å². The highest BCUT2D eigenvalue weighted by molar-refractivity contribution is 4.79. The van der Waals surface area contributed by atoms with E-state index in [1.807, 2.05) is 0 Å². The fourth-order valence-electron chi connectivity index (χ4n) is 0.403. The minimum atomic E-state index is -0.302. The van der Waals surface area contributed by atoms with E-state index in [1.165, 1.54) is 0 Å². The van der Waals surface area contributed by atoms with E-state index in [-0.39, 0.29) is 6.10 Å². The van der Waals surface area contributed by atoms with E-state index in [0.717, 1.165) is 0 Å². The summed E-state index contributed by atoms with van der Waals surface area (Å²) in [7, 11) is 0. The number of hydrogen-bond donors (Lipinski definition) is 2. The van der Waals surface area contributed by atoms with Crippen molar-refractivity contribution in [3.8, 4) is 0 Å². The van der Waals surface area contributed by atoms with Crippen molar-refractivity contribution in [2.24, 2.45) is 5.90 Å². The van der Waals surface area contributed by atoms with Gasteiger partial charge in [-0.25, -0.2) is 5.90 Å². The van der Waals surface area contributed by atoms with Crippen LogP contribution in [0.5, 0.6) is 0 Å². The molecule has 1 aromatic heterocycles. The lowest BCUT2D eigenvalue weighted by Gasteiger charge is -1.99. The summed E-state index contributed by atoms with van der Waals surface area (Å²) in [6.07, 6.45) is -0.302. The van der Waals surface area contributed by atoms with E-state index in [4.69, 9.17) is 5.90 Å². The van der Waals surface area contributed by atoms with Gasteiger partial charge in [0.25, 0.3) is 0 Å². The van der Waals surface area contributed by atoms with Crippen molar-refractivity contribution in [3.63, 3.8) is 0 Å². The zero-order valence-corrected chi connectivity index (χ0v) is 4.90. The summed E-state index contributed by atoms with van der Waals surface area (Å²) in [5.41, 5.74) is 0. The monoisotopic (exact) mass is 129 g/mol. The van der Waals surface area contributed by atoms with Crippen LogP contribution in [0.1, 0.15) is 18.9 Å². The molecule has 0 aliphatic rings. The number of H-pyrrole nitrogens is 1. The normalized spacial score (nSPS) is 13.6. The molecule has 0 saturated heterocycles. The Kier molecular flexibility index (Phi) is 1.71. The molecule has 0 aliphatic heterocycles. The van der Waals surface area contributed by atoms with Gasteiger partial charge in [-0.2, -0.15) is 5.21 Å². The average molecular weight is 129 g/mol. The smallest absolute Gasteiger partial charge is 0.205 e. The second-order valence-electron chi connectivity index (χ2n) is 1.55. The second kappa shape index (κ2) is 2.51. The number of nitrogens with one attached hydrogen (secondary N) is 1. The number of nitrogens with zero attached hydrogens (tertiary/aromatic N) is 3. The van der Waals surface area contributed by atoms with Gasteiger partial charge < -0.3 is 0 Å². The van der Waals surface area contributed by atoms with Crippen molar-refractivity contribution in [1.82, 2.24) is 20.6 Å². The molecule has 0 radical (unpaired) electrons. The molecule has 1 heterocycles. The zero-order valence-electron chi connectivity index (χ0n) is 4.90. The lowest BCUT2D eigenvalue weighted by atomic mass is 10.4. The van der Waals surface area contributed by atoms with Gasteiger partial charge >= 0.3 is 0 Å². The van der Waals surface area contributed by atoms with Crippen LogP contribution in [0, 0.1) is 0 Å². The van der Waals surface area contributed by atoms with Gasteiger partial charge in [0, 0.05) is 0 Å². The van der Waals surface area contributed by atoms with Crippen LogP contribution in [0.15, 0.2) is 0 Å². The molecule has 0 amide bonds. The van der Waals surface area contributed by atoms with Gasteiger partial charge in [-0.1, -0.05) is 5.21 Å². The maximum atomic E-state index is 4.84. The highest BCUT2D eigenvalue weighted by Crippen LogP contribution is 2.04. The molecule has 0 spiro atoms. The molecule has 9 heavy (non-hydrogen) atoms. The van der Waals surface area contributed by atoms with Crippen LogP contribution in [-0.2, 0) is 4.84 Å². The van der Waals surface area contributed by atoms with Crippen LogP contribution < -0.4 is 5.90 Å². The SMILES string of the molecule is CC(ON)c1nn[nH]n1. The summed E-state index contributed by atoms with van der Waals surface area (Å²) in [5, 5.41) is 12.9. The summed E-state index contributed by atoms with van der Waals surface area (Å²) in [5.74, 6) is 5.30. The van der Waals surface area contributed by atoms with Crippen LogP contribution in [0.25, 0.3) is 0 Å². The van der Waals surface area contributed by atoms with Gasteiger partial charge in [-0.15, -0.1) is 10.2 Å². The van der Waals surface area contributed by atoms with E-state index in [2.05, 4.69) is 25.5 Å². The summed E-state index contributed by atoms with van der Waals surface area (Å²) >= 11 is 0. The molecule has 0 fully saturated rings. The molecule has 0 aromatic carbocycles. The maximum absolute atomic E-state index is 4.84. The van der Waals surface area contributed by atoms with Gasteiger partial charge in [-0.3, -0.25) is 4.84 Å². The highest BCUT2D eigenvalue weighted by Gasteiger charge is 2.07. The number of aromatic amines is 1. The topological polar surface area (TPSA) is 89.7 Å².